The summed E-state index contributed by atoms with van der Waals surface area (Å²) >= 11 is 0. The Labute approximate surface area is 114 Å². The smallest absolute Gasteiger partial charge is 0.130 e. The van der Waals surface area contributed by atoms with Crippen LogP contribution in [0.2, 0.25) is 0 Å². The highest BCUT2D eigenvalue weighted by Crippen LogP contribution is 2.41. The van der Waals surface area contributed by atoms with E-state index in [1.165, 1.54) is 12.8 Å². The molecular weight excluding hydrogens is 244 g/mol. The molecule has 0 heterocycles. The third-order valence-corrected chi connectivity index (χ3v) is 4.39. The summed E-state index contributed by atoms with van der Waals surface area (Å²) in [5.74, 6) is 0.150. The Bertz CT molecular complexity index is 445. The highest BCUT2D eigenvalue weighted by molar-refractivity contribution is 5.29. The zero-order valence-electron chi connectivity index (χ0n) is 12.0. The quantitative estimate of drug-likeness (QED) is 0.854. The second-order valence-corrected chi connectivity index (χ2v) is 5.73. The summed E-state index contributed by atoms with van der Waals surface area (Å²) < 4.78 is 27.5. The summed E-state index contributed by atoms with van der Waals surface area (Å²) in [6.07, 6.45) is 3.53. The molecule has 0 saturated heterocycles. The van der Waals surface area contributed by atoms with Crippen molar-refractivity contribution in [2.75, 3.05) is 6.54 Å². The summed E-state index contributed by atoms with van der Waals surface area (Å²) in [4.78, 5) is 0. The van der Waals surface area contributed by atoms with Crippen molar-refractivity contribution in [2.45, 2.75) is 46.1 Å². The molecule has 1 N–H and O–H groups in total. The molecule has 0 amide bonds. The van der Waals surface area contributed by atoms with Gasteiger partial charge in [0.05, 0.1) is 0 Å². The molecule has 0 aliphatic heterocycles. The van der Waals surface area contributed by atoms with Gasteiger partial charge in [-0.1, -0.05) is 26.7 Å². The van der Waals surface area contributed by atoms with E-state index in [1.54, 1.807) is 13.0 Å². The van der Waals surface area contributed by atoms with E-state index in [0.29, 0.717) is 23.0 Å². The van der Waals surface area contributed by atoms with Crippen molar-refractivity contribution < 1.29 is 8.78 Å². The lowest BCUT2D eigenvalue weighted by molar-refractivity contribution is 0.298. The second-order valence-electron chi connectivity index (χ2n) is 5.73. The Balaban J connectivity index is 2.35. The van der Waals surface area contributed by atoms with Crippen molar-refractivity contribution in [2.24, 2.45) is 11.8 Å². The average Bonchev–Trinajstić information content (AvgIpc) is 2.77. The molecule has 19 heavy (non-hydrogen) atoms. The van der Waals surface area contributed by atoms with Crippen molar-refractivity contribution in [3.8, 4) is 0 Å². The van der Waals surface area contributed by atoms with Crippen LogP contribution in [-0.2, 0) is 0 Å². The van der Waals surface area contributed by atoms with E-state index in [2.05, 4.69) is 12.2 Å². The van der Waals surface area contributed by atoms with E-state index in [9.17, 15) is 8.78 Å². The Morgan fingerprint density at radius 1 is 1.26 bits per heavy atom. The minimum absolute atomic E-state index is 0.00167. The summed E-state index contributed by atoms with van der Waals surface area (Å²) in [6.45, 7) is 6.75. The first-order chi connectivity index (χ1) is 9.04. The molecule has 1 aromatic carbocycles. The molecule has 1 fully saturated rings. The molecule has 0 aromatic heterocycles. The van der Waals surface area contributed by atoms with Crippen LogP contribution in [0.3, 0.4) is 0 Å². The maximum Gasteiger partial charge on any atom is 0.130 e. The van der Waals surface area contributed by atoms with Gasteiger partial charge in [-0.05, 0) is 43.4 Å². The van der Waals surface area contributed by atoms with Crippen molar-refractivity contribution in [3.63, 3.8) is 0 Å². The molecule has 0 radical (unpaired) electrons. The number of benzene rings is 1. The van der Waals surface area contributed by atoms with Crippen LogP contribution in [0.1, 0.15) is 50.3 Å². The molecular formula is C16H23F2N. The van der Waals surface area contributed by atoms with Gasteiger partial charge >= 0.3 is 0 Å². The molecule has 0 bridgehead atoms. The molecule has 1 aromatic rings. The number of aryl methyl sites for hydroxylation is 1. The predicted molar refractivity (Wildman–Crippen MR) is 74.0 cm³/mol. The van der Waals surface area contributed by atoms with Gasteiger partial charge in [0.2, 0.25) is 0 Å². The molecule has 106 valence electrons. The fourth-order valence-electron chi connectivity index (χ4n) is 3.30. The predicted octanol–water partition coefficient (Wildman–Crippen LogP) is 4.36. The Morgan fingerprint density at radius 3 is 2.58 bits per heavy atom. The Kier molecular flexibility index (Phi) is 4.56. The average molecular weight is 267 g/mol. The van der Waals surface area contributed by atoms with Crippen molar-refractivity contribution in [1.82, 2.24) is 5.32 Å². The molecule has 3 unspecified atom stereocenters. The summed E-state index contributed by atoms with van der Waals surface area (Å²) in [7, 11) is 0. The molecule has 1 aliphatic rings. The summed E-state index contributed by atoms with van der Waals surface area (Å²) in [6, 6.07) is 2.69. The summed E-state index contributed by atoms with van der Waals surface area (Å²) in [5, 5.41) is 3.40. The van der Waals surface area contributed by atoms with Crippen LogP contribution < -0.4 is 5.32 Å². The van der Waals surface area contributed by atoms with Crippen LogP contribution in [0.4, 0.5) is 8.78 Å². The third kappa shape index (κ3) is 2.97. The second kappa shape index (κ2) is 6.00. The largest absolute Gasteiger partial charge is 0.310 e. The van der Waals surface area contributed by atoms with Crippen molar-refractivity contribution in [1.29, 1.82) is 0 Å². The first-order valence-electron chi connectivity index (χ1n) is 7.23. The lowest BCUT2D eigenvalue weighted by atomic mass is 9.85. The van der Waals surface area contributed by atoms with E-state index < -0.39 is 11.6 Å². The van der Waals surface area contributed by atoms with Gasteiger partial charge in [-0.15, -0.1) is 0 Å². The van der Waals surface area contributed by atoms with Gasteiger partial charge in [0.1, 0.15) is 11.6 Å². The lowest BCUT2D eigenvalue weighted by Gasteiger charge is -2.28. The van der Waals surface area contributed by atoms with Crippen LogP contribution >= 0.6 is 0 Å². The lowest BCUT2D eigenvalue weighted by Crippen LogP contribution is -2.30. The number of hydrogen-bond donors (Lipinski definition) is 1. The first-order valence-corrected chi connectivity index (χ1v) is 7.23. The molecule has 0 spiro atoms. The molecule has 3 atom stereocenters. The normalized spacial score (nSPS) is 24.7. The monoisotopic (exact) mass is 267 g/mol. The number of rotatable bonds is 4. The van der Waals surface area contributed by atoms with Gasteiger partial charge in [-0.25, -0.2) is 8.78 Å². The fraction of sp³-hybridized carbons (Fsp3) is 0.625. The Morgan fingerprint density at radius 2 is 2.00 bits per heavy atom. The summed E-state index contributed by atoms with van der Waals surface area (Å²) in [5.41, 5.74) is 1.14. The molecule has 1 aliphatic carbocycles. The molecule has 2 rings (SSSR count). The number of nitrogens with one attached hydrogen (secondary N) is 1. The standard InChI is InChI=1S/C16H23F2N/c1-4-19-16(12-7-5-6-10(12)2)13-8-11(3)14(17)9-15(13)18/h8-10,12,16,19H,4-7H2,1-3H3. The van der Waals surface area contributed by atoms with Crippen LogP contribution in [0.15, 0.2) is 12.1 Å². The zero-order chi connectivity index (χ0) is 14.0. The van der Waals surface area contributed by atoms with Crippen molar-refractivity contribution >= 4 is 0 Å². The van der Waals surface area contributed by atoms with Crippen LogP contribution in [0.5, 0.6) is 0 Å². The van der Waals surface area contributed by atoms with Gasteiger partial charge < -0.3 is 5.32 Å². The highest BCUT2D eigenvalue weighted by atomic mass is 19.1. The van der Waals surface area contributed by atoms with Gasteiger partial charge in [0.25, 0.3) is 0 Å². The maximum absolute atomic E-state index is 14.1. The molecule has 3 heteroatoms. The third-order valence-electron chi connectivity index (χ3n) is 4.39. The first kappa shape index (κ1) is 14.4. The topological polar surface area (TPSA) is 12.0 Å². The van der Waals surface area contributed by atoms with E-state index in [1.807, 2.05) is 6.92 Å². The maximum atomic E-state index is 14.1. The van der Waals surface area contributed by atoms with E-state index >= 15 is 0 Å². The minimum atomic E-state index is -0.462. The van der Waals surface area contributed by atoms with Crippen LogP contribution in [0, 0.1) is 30.4 Å². The molecule has 1 saturated carbocycles. The van der Waals surface area contributed by atoms with Gasteiger partial charge in [-0.2, -0.15) is 0 Å². The number of hydrogen-bond acceptors (Lipinski definition) is 1. The van der Waals surface area contributed by atoms with Crippen molar-refractivity contribution in [3.05, 3.63) is 34.9 Å². The molecule has 1 nitrogen and oxygen atoms in total. The van der Waals surface area contributed by atoms with Gasteiger partial charge in [0.15, 0.2) is 0 Å². The number of halogens is 2. The van der Waals surface area contributed by atoms with Crippen LogP contribution in [-0.4, -0.2) is 6.54 Å². The SMILES string of the molecule is CCNC(c1cc(C)c(F)cc1F)C1CCCC1C. The van der Waals surface area contributed by atoms with E-state index in [0.717, 1.165) is 19.0 Å². The van der Waals surface area contributed by atoms with Crippen LogP contribution in [0.25, 0.3) is 0 Å². The zero-order valence-corrected chi connectivity index (χ0v) is 12.0. The fourth-order valence-corrected chi connectivity index (χ4v) is 3.30. The Hall–Kier alpha value is -0.960. The minimum Gasteiger partial charge on any atom is -0.310 e. The highest BCUT2D eigenvalue weighted by Gasteiger charge is 2.33. The van der Waals surface area contributed by atoms with Gasteiger partial charge in [-0.3, -0.25) is 0 Å². The van der Waals surface area contributed by atoms with E-state index in [-0.39, 0.29) is 6.04 Å². The van der Waals surface area contributed by atoms with Gasteiger partial charge in [0, 0.05) is 17.7 Å². The van der Waals surface area contributed by atoms with E-state index in [4.69, 9.17) is 0 Å².